The summed E-state index contributed by atoms with van der Waals surface area (Å²) in [5.41, 5.74) is 5.47. The molecule has 0 aliphatic rings. The summed E-state index contributed by atoms with van der Waals surface area (Å²) in [5.74, 6) is -0.622. The lowest BCUT2D eigenvalue weighted by Gasteiger charge is -2.13. The van der Waals surface area contributed by atoms with Crippen LogP contribution in [0.1, 0.15) is 16.8 Å². The highest BCUT2D eigenvalue weighted by Gasteiger charge is 2.32. The Bertz CT molecular complexity index is 1190. The van der Waals surface area contributed by atoms with E-state index in [1.54, 1.807) is 0 Å². The van der Waals surface area contributed by atoms with E-state index in [9.17, 15) is 22.8 Å². The highest BCUT2D eigenvalue weighted by atomic mass is 19.4. The van der Waals surface area contributed by atoms with Crippen LogP contribution in [-0.2, 0) is 17.4 Å². The number of nitrogens with one attached hydrogen (secondary N) is 2. The van der Waals surface area contributed by atoms with Crippen molar-refractivity contribution in [1.82, 2.24) is 9.97 Å². The number of alkyl halides is 3. The molecule has 5 N–H and O–H groups in total. The van der Waals surface area contributed by atoms with E-state index in [0.29, 0.717) is 17.1 Å². The van der Waals surface area contributed by atoms with E-state index >= 15 is 0 Å². The Labute approximate surface area is 191 Å². The molecular formula is C22H20F3N5O4. The Morgan fingerprint density at radius 3 is 2.35 bits per heavy atom. The minimum atomic E-state index is -4.53. The molecule has 0 aliphatic carbocycles. The van der Waals surface area contributed by atoms with Crippen LogP contribution in [-0.4, -0.2) is 33.1 Å². The van der Waals surface area contributed by atoms with Crippen molar-refractivity contribution in [2.75, 3.05) is 10.6 Å². The molecule has 2 amide bonds. The molecule has 0 saturated carbocycles. The molecule has 0 bridgehead atoms. The zero-order valence-corrected chi connectivity index (χ0v) is 17.8. The van der Waals surface area contributed by atoms with Crippen molar-refractivity contribution in [1.29, 1.82) is 0 Å². The molecule has 34 heavy (non-hydrogen) atoms. The number of aryl methyl sites for hydroxylation is 1. The van der Waals surface area contributed by atoms with Gasteiger partial charge in [-0.3, -0.25) is 4.79 Å². The molecule has 1 heterocycles. The monoisotopic (exact) mass is 475 g/mol. The number of halogens is 3. The number of benzene rings is 2. The molecule has 0 aliphatic heterocycles. The zero-order chi connectivity index (χ0) is 24.9. The Balaban J connectivity index is 1.60. The summed E-state index contributed by atoms with van der Waals surface area (Å²) >= 11 is 0. The molecule has 0 unspecified atom stereocenters. The fourth-order valence-corrected chi connectivity index (χ4v) is 2.88. The lowest BCUT2D eigenvalue weighted by Crippen LogP contribution is -2.32. The number of urea groups is 1. The van der Waals surface area contributed by atoms with E-state index in [1.807, 2.05) is 0 Å². The first-order valence-electron chi connectivity index (χ1n) is 9.84. The van der Waals surface area contributed by atoms with Gasteiger partial charge in [-0.1, -0.05) is 6.07 Å². The second kappa shape index (κ2) is 10.2. The molecule has 3 aromatic rings. The summed E-state index contributed by atoms with van der Waals surface area (Å²) in [5, 5.41) is 13.8. The average molecular weight is 475 g/mol. The molecule has 1 aromatic heterocycles. The Hall–Kier alpha value is -4.19. The minimum Gasteiger partial charge on any atom is -0.480 e. The molecule has 0 saturated heterocycles. The maximum Gasteiger partial charge on any atom is 0.416 e. The fraction of sp³-hybridized carbons (Fsp3) is 0.182. The smallest absolute Gasteiger partial charge is 0.416 e. The fourth-order valence-electron chi connectivity index (χ4n) is 2.88. The van der Waals surface area contributed by atoms with E-state index in [1.165, 1.54) is 55.7 Å². The molecule has 9 nitrogen and oxygen atoms in total. The van der Waals surface area contributed by atoms with Crippen molar-refractivity contribution in [3.05, 3.63) is 71.7 Å². The number of aromatic nitrogens is 2. The largest absolute Gasteiger partial charge is 0.480 e. The van der Waals surface area contributed by atoms with Crippen LogP contribution in [0.2, 0.25) is 0 Å². The van der Waals surface area contributed by atoms with Crippen molar-refractivity contribution in [3.63, 3.8) is 0 Å². The summed E-state index contributed by atoms with van der Waals surface area (Å²) < 4.78 is 44.7. The SMILES string of the molecule is Cc1ccc(NC(=O)Nc2ccc(Oc3cc(C[C@H](N)C(=O)O)ncn3)cc2)cc1C(F)(F)F. The standard InChI is InChI=1S/C22H20F3N5O4/c1-12-2-3-14(8-17(12)22(23,24)25)30-21(33)29-13-4-6-16(7-5-13)34-19-10-15(27-11-28-19)9-18(26)20(31)32/h2-8,10-11,18H,9,26H2,1H3,(H,31,32)(H2,29,30,33)/t18-/m0/s1. The van der Waals surface area contributed by atoms with Crippen LogP contribution < -0.4 is 21.1 Å². The van der Waals surface area contributed by atoms with Crippen LogP contribution in [0.3, 0.4) is 0 Å². The number of aliphatic carboxylic acids is 1. The number of ether oxygens (including phenoxy) is 1. The summed E-state index contributed by atoms with van der Waals surface area (Å²) in [6, 6.07) is 9.26. The molecule has 0 spiro atoms. The van der Waals surface area contributed by atoms with Crippen molar-refractivity contribution in [2.24, 2.45) is 5.73 Å². The van der Waals surface area contributed by atoms with Gasteiger partial charge in [0.05, 0.1) is 5.56 Å². The van der Waals surface area contributed by atoms with Crippen molar-refractivity contribution in [2.45, 2.75) is 25.6 Å². The molecule has 1 atom stereocenters. The summed E-state index contributed by atoms with van der Waals surface area (Å²) in [7, 11) is 0. The van der Waals surface area contributed by atoms with E-state index in [0.717, 1.165) is 6.07 Å². The van der Waals surface area contributed by atoms with Gasteiger partial charge in [-0.15, -0.1) is 0 Å². The summed E-state index contributed by atoms with van der Waals surface area (Å²) in [6.07, 6.45) is -3.31. The topological polar surface area (TPSA) is 139 Å². The van der Waals surface area contributed by atoms with Crippen LogP contribution in [0.5, 0.6) is 11.6 Å². The average Bonchev–Trinajstić information content (AvgIpc) is 2.76. The number of carboxylic acids is 1. The first-order chi connectivity index (χ1) is 16.0. The second-order valence-electron chi connectivity index (χ2n) is 7.23. The molecule has 2 aromatic carbocycles. The van der Waals surface area contributed by atoms with Gasteiger partial charge in [0.2, 0.25) is 5.88 Å². The summed E-state index contributed by atoms with van der Waals surface area (Å²) in [6.45, 7) is 1.34. The van der Waals surface area contributed by atoms with Crippen LogP contribution in [0.15, 0.2) is 54.9 Å². The quantitative estimate of drug-likeness (QED) is 0.402. The number of rotatable bonds is 7. The van der Waals surface area contributed by atoms with Gasteiger partial charge in [0.15, 0.2) is 0 Å². The first-order valence-corrected chi connectivity index (χ1v) is 9.84. The third-order valence-electron chi connectivity index (χ3n) is 4.58. The number of nitrogens with zero attached hydrogens (tertiary/aromatic N) is 2. The lowest BCUT2D eigenvalue weighted by atomic mass is 10.1. The number of hydrogen-bond acceptors (Lipinski definition) is 6. The number of hydrogen-bond donors (Lipinski definition) is 4. The molecule has 0 fully saturated rings. The highest BCUT2D eigenvalue weighted by molar-refractivity contribution is 5.99. The maximum absolute atomic E-state index is 13.0. The van der Waals surface area contributed by atoms with E-state index < -0.39 is 29.8 Å². The molecule has 12 heteroatoms. The van der Waals surface area contributed by atoms with Crippen LogP contribution in [0.25, 0.3) is 0 Å². The first kappa shape index (κ1) is 24.5. The zero-order valence-electron chi connectivity index (χ0n) is 17.8. The number of carbonyl (C=O) groups excluding carboxylic acids is 1. The van der Waals surface area contributed by atoms with E-state index in [4.69, 9.17) is 15.6 Å². The maximum atomic E-state index is 13.0. The highest BCUT2D eigenvalue weighted by Crippen LogP contribution is 2.33. The molecule has 3 rings (SSSR count). The summed E-state index contributed by atoms with van der Waals surface area (Å²) in [4.78, 5) is 31.0. The van der Waals surface area contributed by atoms with Gasteiger partial charge in [-0.25, -0.2) is 14.8 Å². The van der Waals surface area contributed by atoms with Crippen molar-refractivity contribution >= 4 is 23.4 Å². The minimum absolute atomic E-state index is 0.00226. The number of carbonyl (C=O) groups is 2. The van der Waals surface area contributed by atoms with E-state index in [-0.39, 0.29) is 23.6 Å². The van der Waals surface area contributed by atoms with Crippen LogP contribution >= 0.6 is 0 Å². The molecule has 0 radical (unpaired) electrons. The number of nitrogens with two attached hydrogens (primary N) is 1. The van der Waals surface area contributed by atoms with Crippen molar-refractivity contribution in [3.8, 4) is 11.6 Å². The van der Waals surface area contributed by atoms with Gasteiger partial charge in [0.1, 0.15) is 18.1 Å². The van der Waals surface area contributed by atoms with Gasteiger partial charge in [-0.2, -0.15) is 13.2 Å². The second-order valence-corrected chi connectivity index (χ2v) is 7.23. The Morgan fingerprint density at radius 2 is 1.71 bits per heavy atom. The van der Waals surface area contributed by atoms with Gasteiger partial charge < -0.3 is 26.2 Å². The van der Waals surface area contributed by atoms with Gasteiger partial charge in [0, 0.05) is 29.6 Å². The Morgan fingerprint density at radius 1 is 1.06 bits per heavy atom. The van der Waals surface area contributed by atoms with Crippen LogP contribution in [0.4, 0.5) is 29.3 Å². The number of carboxylic acid groups (broad SMARTS) is 1. The molecular weight excluding hydrogens is 455 g/mol. The third kappa shape index (κ3) is 6.65. The van der Waals surface area contributed by atoms with E-state index in [2.05, 4.69) is 20.6 Å². The number of anilines is 2. The number of amides is 2. The predicted octanol–water partition coefficient (Wildman–Crippen LogP) is 4.19. The molecule has 178 valence electrons. The van der Waals surface area contributed by atoms with Crippen molar-refractivity contribution < 1.29 is 32.6 Å². The predicted molar refractivity (Wildman–Crippen MR) is 117 cm³/mol. The van der Waals surface area contributed by atoms with Gasteiger partial charge >= 0.3 is 18.2 Å². The van der Waals surface area contributed by atoms with Crippen LogP contribution in [0, 0.1) is 6.92 Å². The normalized spacial score (nSPS) is 12.0. The van der Waals surface area contributed by atoms with Gasteiger partial charge in [0.25, 0.3) is 0 Å². The lowest BCUT2D eigenvalue weighted by molar-refractivity contribution is -0.139. The Kier molecular flexibility index (Phi) is 7.31. The third-order valence-corrected chi connectivity index (χ3v) is 4.58. The van der Waals surface area contributed by atoms with Gasteiger partial charge in [-0.05, 0) is 48.9 Å².